The fourth-order valence-corrected chi connectivity index (χ4v) is 3.77. The monoisotopic (exact) mass is 496 g/mol. The van der Waals surface area contributed by atoms with Crippen molar-refractivity contribution >= 4 is 33.4 Å². The lowest BCUT2D eigenvalue weighted by Crippen LogP contribution is -2.48. The van der Waals surface area contributed by atoms with Crippen LogP contribution in [0.25, 0.3) is 0 Å². The molecule has 1 atom stereocenters. The lowest BCUT2D eigenvalue weighted by atomic mass is 10.2. The minimum atomic E-state index is -3.32. The Kier molecular flexibility index (Phi) is 10.5. The summed E-state index contributed by atoms with van der Waals surface area (Å²) in [4.78, 5) is 26.6. The first-order chi connectivity index (χ1) is 15.6. The van der Waals surface area contributed by atoms with E-state index in [0.717, 1.165) is 11.8 Å². The molecule has 0 radical (unpaired) electrons. The van der Waals surface area contributed by atoms with E-state index in [2.05, 4.69) is 5.32 Å². The van der Waals surface area contributed by atoms with Gasteiger partial charge in [0.15, 0.2) is 0 Å². The van der Waals surface area contributed by atoms with E-state index in [1.165, 1.54) is 4.90 Å². The third-order valence-electron chi connectivity index (χ3n) is 4.66. The predicted octanol–water partition coefficient (Wildman–Crippen LogP) is 3.30. The number of alkyl carbamates (subject to hydrolysis) is 1. The average Bonchev–Trinajstić information content (AvgIpc) is 2.77. The van der Waals surface area contributed by atoms with Gasteiger partial charge in [-0.05, 0) is 36.6 Å². The fourth-order valence-electron chi connectivity index (χ4n) is 2.92. The summed E-state index contributed by atoms with van der Waals surface area (Å²) in [6, 6.07) is 15.1. The molecule has 1 N–H and O–H groups in total. The highest BCUT2D eigenvalue weighted by molar-refractivity contribution is 7.90. The normalized spacial score (nSPS) is 12.0. The quantitative estimate of drug-likeness (QED) is 0.452. The molecule has 180 valence electrons. The highest BCUT2D eigenvalue weighted by atomic mass is 35.5. The van der Waals surface area contributed by atoms with E-state index in [-0.39, 0.29) is 18.8 Å². The first kappa shape index (κ1) is 26.5. The lowest BCUT2D eigenvalue weighted by molar-refractivity contribution is -0.132. The van der Waals surface area contributed by atoms with Crippen LogP contribution in [0.15, 0.2) is 54.6 Å². The number of carbonyl (C=O) groups excluding carboxylic acids is 2. The van der Waals surface area contributed by atoms with Crippen LogP contribution in [0.1, 0.15) is 18.4 Å². The summed E-state index contributed by atoms with van der Waals surface area (Å²) in [5.41, 5.74) is 0.795. The van der Waals surface area contributed by atoms with Crippen LogP contribution in [-0.4, -0.2) is 63.6 Å². The minimum Gasteiger partial charge on any atom is -0.493 e. The number of nitrogens with one attached hydrogen (secondary N) is 1. The number of halogens is 1. The van der Waals surface area contributed by atoms with Crippen molar-refractivity contribution in [2.75, 3.05) is 32.2 Å². The van der Waals surface area contributed by atoms with Crippen LogP contribution < -0.4 is 10.1 Å². The molecule has 0 bridgehead atoms. The van der Waals surface area contributed by atoms with E-state index in [4.69, 9.17) is 21.1 Å². The molecule has 0 aliphatic heterocycles. The van der Waals surface area contributed by atoms with E-state index < -0.39 is 27.9 Å². The molecule has 0 aliphatic carbocycles. The van der Waals surface area contributed by atoms with Gasteiger partial charge in [0, 0.05) is 24.9 Å². The molecule has 0 spiro atoms. The molecule has 33 heavy (non-hydrogen) atoms. The molecular formula is C23H29ClN2O6S. The molecule has 0 fully saturated rings. The Labute approximate surface area is 199 Å². The molecule has 0 saturated carbocycles. The van der Waals surface area contributed by atoms with E-state index in [1.54, 1.807) is 43.4 Å². The molecule has 0 saturated heterocycles. The van der Waals surface area contributed by atoms with Crippen LogP contribution in [-0.2, 0) is 26.0 Å². The zero-order valence-corrected chi connectivity index (χ0v) is 20.3. The van der Waals surface area contributed by atoms with Crippen molar-refractivity contribution in [3.05, 3.63) is 65.2 Å². The first-order valence-corrected chi connectivity index (χ1v) is 12.9. The van der Waals surface area contributed by atoms with Crippen molar-refractivity contribution in [2.45, 2.75) is 25.5 Å². The van der Waals surface area contributed by atoms with Crippen LogP contribution in [0, 0.1) is 0 Å². The second kappa shape index (κ2) is 13.1. The van der Waals surface area contributed by atoms with E-state index in [1.807, 2.05) is 18.2 Å². The number of hydrogen-bond donors (Lipinski definition) is 1. The molecule has 2 amide bonds. The van der Waals surface area contributed by atoms with Gasteiger partial charge in [-0.25, -0.2) is 13.2 Å². The summed E-state index contributed by atoms with van der Waals surface area (Å²) < 4.78 is 34.0. The Morgan fingerprint density at radius 3 is 2.52 bits per heavy atom. The number of rotatable bonds is 12. The summed E-state index contributed by atoms with van der Waals surface area (Å²) in [7, 11) is -1.73. The summed E-state index contributed by atoms with van der Waals surface area (Å²) in [5.74, 6) is -0.0166. The summed E-state index contributed by atoms with van der Waals surface area (Å²) in [6.07, 6.45) is 0.774. The number of ether oxygens (including phenoxy) is 2. The molecule has 0 heterocycles. The summed E-state index contributed by atoms with van der Waals surface area (Å²) in [5, 5.41) is 3.07. The van der Waals surface area contributed by atoms with Crippen LogP contribution >= 0.6 is 11.6 Å². The first-order valence-electron chi connectivity index (χ1n) is 10.4. The third-order valence-corrected chi connectivity index (χ3v) is 5.87. The third kappa shape index (κ3) is 10.6. The molecule has 2 aromatic rings. The van der Waals surface area contributed by atoms with Gasteiger partial charge in [-0.15, -0.1) is 0 Å². The topological polar surface area (TPSA) is 102 Å². The SMILES string of the molecule is CN(CCCOc1cccc(Cl)c1)C(=O)C(CCS(C)(=O)=O)NC(=O)OCc1ccccc1. The fraction of sp³-hybridized carbons (Fsp3) is 0.391. The predicted molar refractivity (Wildman–Crippen MR) is 127 cm³/mol. The zero-order valence-electron chi connectivity index (χ0n) is 18.7. The Morgan fingerprint density at radius 2 is 1.85 bits per heavy atom. The van der Waals surface area contributed by atoms with Crippen LogP contribution in [0.3, 0.4) is 0 Å². The average molecular weight is 497 g/mol. The van der Waals surface area contributed by atoms with Crippen molar-refractivity contribution in [3.63, 3.8) is 0 Å². The van der Waals surface area contributed by atoms with Gasteiger partial charge in [0.25, 0.3) is 0 Å². The Morgan fingerprint density at radius 1 is 1.12 bits per heavy atom. The standard InChI is InChI=1S/C23H29ClN2O6S/c1-26(13-7-14-31-20-11-6-10-19(24)16-20)22(27)21(12-15-33(2,29)30)25-23(28)32-17-18-8-4-3-5-9-18/h3-6,8-11,16,21H,7,12-15,17H2,1-2H3,(H,25,28). The van der Waals surface area contributed by atoms with Crippen molar-refractivity contribution in [2.24, 2.45) is 0 Å². The van der Waals surface area contributed by atoms with E-state index in [0.29, 0.717) is 30.3 Å². The van der Waals surface area contributed by atoms with Crippen LogP contribution in [0.5, 0.6) is 5.75 Å². The van der Waals surface area contributed by atoms with Crippen molar-refractivity contribution in [1.82, 2.24) is 10.2 Å². The molecule has 8 nitrogen and oxygen atoms in total. The number of carbonyl (C=O) groups is 2. The Bertz CT molecular complexity index is 1020. The maximum atomic E-state index is 12.9. The van der Waals surface area contributed by atoms with Crippen LogP contribution in [0.4, 0.5) is 4.79 Å². The van der Waals surface area contributed by atoms with Gasteiger partial charge in [0.2, 0.25) is 5.91 Å². The molecule has 2 aromatic carbocycles. The minimum absolute atomic E-state index is 0.0380. The van der Waals surface area contributed by atoms with Gasteiger partial charge >= 0.3 is 6.09 Å². The molecule has 0 aliphatic rings. The van der Waals surface area contributed by atoms with Gasteiger partial charge in [-0.1, -0.05) is 48.0 Å². The molecule has 2 rings (SSSR count). The second-order valence-electron chi connectivity index (χ2n) is 7.60. The maximum Gasteiger partial charge on any atom is 0.408 e. The number of nitrogens with zero attached hydrogens (tertiary/aromatic N) is 1. The molecular weight excluding hydrogens is 468 g/mol. The number of sulfone groups is 1. The van der Waals surface area contributed by atoms with Crippen molar-refractivity contribution < 1.29 is 27.5 Å². The van der Waals surface area contributed by atoms with Gasteiger partial charge in [-0.3, -0.25) is 4.79 Å². The smallest absolute Gasteiger partial charge is 0.408 e. The number of hydrogen-bond acceptors (Lipinski definition) is 6. The van der Waals surface area contributed by atoms with E-state index in [9.17, 15) is 18.0 Å². The van der Waals surface area contributed by atoms with E-state index >= 15 is 0 Å². The van der Waals surface area contributed by atoms with Crippen molar-refractivity contribution in [3.8, 4) is 5.75 Å². The second-order valence-corrected chi connectivity index (χ2v) is 10.3. The van der Waals surface area contributed by atoms with Gasteiger partial charge in [-0.2, -0.15) is 0 Å². The highest BCUT2D eigenvalue weighted by Crippen LogP contribution is 2.17. The van der Waals surface area contributed by atoms with Gasteiger partial charge < -0.3 is 19.7 Å². The zero-order chi connectivity index (χ0) is 24.3. The van der Waals surface area contributed by atoms with Crippen molar-refractivity contribution in [1.29, 1.82) is 0 Å². The number of likely N-dealkylation sites (N-methyl/N-ethyl adjacent to an activating group) is 1. The van der Waals surface area contributed by atoms with Gasteiger partial charge in [0.1, 0.15) is 28.2 Å². The summed E-state index contributed by atoms with van der Waals surface area (Å²) >= 11 is 5.92. The molecule has 0 aromatic heterocycles. The molecule has 10 heteroatoms. The van der Waals surface area contributed by atoms with Gasteiger partial charge in [0.05, 0.1) is 12.4 Å². The molecule has 1 unspecified atom stereocenters. The largest absolute Gasteiger partial charge is 0.493 e. The highest BCUT2D eigenvalue weighted by Gasteiger charge is 2.25. The maximum absolute atomic E-state index is 12.9. The summed E-state index contributed by atoms with van der Waals surface area (Å²) in [6.45, 7) is 0.754. The van der Waals surface area contributed by atoms with Crippen LogP contribution in [0.2, 0.25) is 5.02 Å². The lowest BCUT2D eigenvalue weighted by Gasteiger charge is -2.24. The number of amides is 2. The number of benzene rings is 2. The Hall–Kier alpha value is -2.78. The Balaban J connectivity index is 1.87.